The maximum Gasteiger partial charge on any atom is 0.304 e. The van der Waals surface area contributed by atoms with E-state index >= 15 is 0 Å². The van der Waals surface area contributed by atoms with E-state index in [0.717, 1.165) is 25.4 Å². The predicted octanol–water partition coefficient (Wildman–Crippen LogP) is 1.56. The van der Waals surface area contributed by atoms with E-state index in [1.807, 2.05) is 4.72 Å². The summed E-state index contributed by atoms with van der Waals surface area (Å²) in [5, 5.41) is 34.3. The highest BCUT2D eigenvalue weighted by molar-refractivity contribution is 7.92. The van der Waals surface area contributed by atoms with Crippen molar-refractivity contribution in [3.8, 4) is 5.75 Å². The third kappa shape index (κ3) is 3.87. The Morgan fingerprint density at radius 2 is 1.59 bits per heavy atom. The minimum Gasteiger partial charge on any atom is -0.618 e. The molecule has 0 amide bonds. The van der Waals surface area contributed by atoms with Crippen molar-refractivity contribution < 1.29 is 27.7 Å². The van der Waals surface area contributed by atoms with Crippen LogP contribution in [0.4, 0.5) is 17.1 Å². The Labute approximate surface area is 152 Å². The van der Waals surface area contributed by atoms with Gasteiger partial charge in [0.1, 0.15) is 5.75 Å². The molecule has 2 rings (SSSR count). The lowest BCUT2D eigenvalue weighted by atomic mass is 10.2. The first-order valence-corrected chi connectivity index (χ1v) is 8.70. The lowest BCUT2D eigenvalue weighted by molar-refractivity contribution is -0.614. The van der Waals surface area contributed by atoms with Gasteiger partial charge in [0.2, 0.25) is 11.9 Å². The highest BCUT2D eigenvalue weighted by atomic mass is 32.2. The Hall–Kier alpha value is -3.48. The second kappa shape index (κ2) is 7.03. The number of nitro benzene ring substituents is 2. The van der Waals surface area contributed by atoms with Crippen LogP contribution < -0.4 is 14.2 Å². The number of nitro groups is 2. The molecule has 13 heteroatoms. The summed E-state index contributed by atoms with van der Waals surface area (Å²) in [5.41, 5.74) is -2.17. The van der Waals surface area contributed by atoms with Gasteiger partial charge in [0.15, 0.2) is 10.6 Å². The molecule has 0 bridgehead atoms. The number of aromatic nitrogens is 1. The standard InChI is InChI=1S/C14H14N4O8S/c1-8-4-9(2)16(19)7-13(8)27(24,25)15-14-11(17(20)21)5-10(26-3)6-12(14)18(22)23/h4-7,15H,1-3H3. The number of sulfonamides is 1. The number of hydrogen-bond acceptors (Lipinski definition) is 8. The van der Waals surface area contributed by atoms with Crippen molar-refractivity contribution in [2.45, 2.75) is 18.7 Å². The summed E-state index contributed by atoms with van der Waals surface area (Å²) in [4.78, 5) is 20.1. The summed E-state index contributed by atoms with van der Waals surface area (Å²) in [6.45, 7) is 2.88. The molecule has 2 aromatic rings. The maximum absolute atomic E-state index is 12.7. The molecule has 0 spiro atoms. The Bertz CT molecular complexity index is 1020. The van der Waals surface area contributed by atoms with Crippen LogP contribution in [-0.2, 0) is 10.0 Å². The molecule has 0 aliphatic rings. The molecular formula is C14H14N4O8S. The zero-order chi connectivity index (χ0) is 20.5. The number of hydrogen-bond donors (Lipinski definition) is 1. The Kier molecular flexibility index (Phi) is 5.16. The van der Waals surface area contributed by atoms with Crippen LogP contribution in [0.3, 0.4) is 0 Å². The SMILES string of the molecule is COc1cc([N+](=O)[O-])c(NS(=O)(=O)c2c[n+]([O-])c(C)cc2C)c([N+](=O)[O-])c1. The van der Waals surface area contributed by atoms with Crippen LogP contribution in [0.25, 0.3) is 0 Å². The smallest absolute Gasteiger partial charge is 0.304 e. The molecule has 0 aliphatic carbocycles. The van der Waals surface area contributed by atoms with Crippen molar-refractivity contribution in [1.29, 1.82) is 0 Å². The van der Waals surface area contributed by atoms with Crippen molar-refractivity contribution in [1.82, 2.24) is 0 Å². The van der Waals surface area contributed by atoms with E-state index in [2.05, 4.69) is 0 Å². The van der Waals surface area contributed by atoms with Crippen LogP contribution in [-0.4, -0.2) is 25.4 Å². The summed E-state index contributed by atoms with van der Waals surface area (Å²) in [7, 11) is -3.39. The maximum atomic E-state index is 12.7. The van der Waals surface area contributed by atoms with Gasteiger partial charge >= 0.3 is 11.4 Å². The van der Waals surface area contributed by atoms with E-state index in [1.165, 1.54) is 19.9 Å². The zero-order valence-electron chi connectivity index (χ0n) is 14.3. The van der Waals surface area contributed by atoms with Crippen LogP contribution >= 0.6 is 0 Å². The number of anilines is 1. The predicted molar refractivity (Wildman–Crippen MR) is 92.0 cm³/mol. The number of aryl methyl sites for hydroxylation is 2. The number of ether oxygens (including phenoxy) is 1. The number of nitrogens with zero attached hydrogens (tertiary/aromatic N) is 3. The van der Waals surface area contributed by atoms with Crippen molar-refractivity contribution in [2.24, 2.45) is 0 Å². The number of methoxy groups -OCH3 is 1. The fourth-order valence-corrected chi connectivity index (χ4v) is 3.63. The summed E-state index contributed by atoms with van der Waals surface area (Å²) in [5.74, 6) is -0.194. The van der Waals surface area contributed by atoms with E-state index < -0.39 is 41.8 Å². The normalized spacial score (nSPS) is 11.1. The molecule has 0 saturated heterocycles. The first kappa shape index (κ1) is 19.8. The largest absolute Gasteiger partial charge is 0.618 e. The van der Waals surface area contributed by atoms with Crippen molar-refractivity contribution >= 4 is 27.1 Å². The van der Waals surface area contributed by atoms with Gasteiger partial charge in [-0.15, -0.1) is 0 Å². The van der Waals surface area contributed by atoms with Crippen molar-refractivity contribution in [2.75, 3.05) is 11.8 Å². The molecule has 144 valence electrons. The minimum atomic E-state index is -4.54. The first-order valence-electron chi connectivity index (χ1n) is 7.22. The lowest BCUT2D eigenvalue weighted by Gasteiger charge is -2.12. The summed E-state index contributed by atoms with van der Waals surface area (Å²) in [6, 6.07) is 3.00. The zero-order valence-corrected chi connectivity index (χ0v) is 15.1. The molecule has 0 fully saturated rings. The minimum absolute atomic E-state index is 0.186. The van der Waals surface area contributed by atoms with E-state index in [-0.39, 0.29) is 17.0 Å². The van der Waals surface area contributed by atoms with Crippen molar-refractivity contribution in [3.05, 3.63) is 61.1 Å². The number of nitrogens with one attached hydrogen (secondary N) is 1. The number of rotatable bonds is 6. The van der Waals surface area contributed by atoms with Gasteiger partial charge < -0.3 is 9.94 Å². The third-order valence-electron chi connectivity index (χ3n) is 3.62. The fraction of sp³-hybridized carbons (Fsp3) is 0.214. The van der Waals surface area contributed by atoms with E-state index in [1.54, 1.807) is 0 Å². The number of benzene rings is 1. The summed E-state index contributed by atoms with van der Waals surface area (Å²) >= 11 is 0. The molecule has 12 nitrogen and oxygen atoms in total. The first-order chi connectivity index (χ1) is 12.5. The fourth-order valence-electron chi connectivity index (χ4n) is 2.33. The van der Waals surface area contributed by atoms with Gasteiger partial charge in [-0.1, -0.05) is 0 Å². The Morgan fingerprint density at radius 1 is 1.07 bits per heavy atom. The van der Waals surface area contributed by atoms with Crippen LogP contribution in [0.1, 0.15) is 11.3 Å². The van der Waals surface area contributed by atoms with Gasteiger partial charge in [0.05, 0.1) is 29.1 Å². The number of pyridine rings is 1. The molecule has 1 N–H and O–H groups in total. The molecule has 0 radical (unpaired) electrons. The average Bonchev–Trinajstić information content (AvgIpc) is 2.57. The molecule has 0 unspecified atom stereocenters. The average molecular weight is 398 g/mol. The topological polar surface area (TPSA) is 169 Å². The second-order valence-electron chi connectivity index (χ2n) is 5.45. The van der Waals surface area contributed by atoms with Gasteiger partial charge in [0, 0.05) is 13.0 Å². The molecule has 0 atom stereocenters. The molecule has 1 aromatic heterocycles. The monoisotopic (exact) mass is 398 g/mol. The van der Waals surface area contributed by atoms with E-state index in [0.29, 0.717) is 4.73 Å². The van der Waals surface area contributed by atoms with Gasteiger partial charge in [-0.3, -0.25) is 25.0 Å². The van der Waals surface area contributed by atoms with Gasteiger partial charge in [-0.05, 0) is 12.5 Å². The van der Waals surface area contributed by atoms with Gasteiger partial charge in [-0.25, -0.2) is 8.42 Å². The third-order valence-corrected chi connectivity index (χ3v) is 5.10. The summed E-state index contributed by atoms with van der Waals surface area (Å²) < 4.78 is 32.2. The molecule has 0 aliphatic heterocycles. The Morgan fingerprint density at radius 3 is 2.04 bits per heavy atom. The van der Waals surface area contributed by atoms with Gasteiger partial charge in [-0.2, -0.15) is 4.73 Å². The summed E-state index contributed by atoms with van der Waals surface area (Å²) in [6.07, 6.45) is 0.772. The molecule has 0 saturated carbocycles. The van der Waals surface area contributed by atoms with Crippen LogP contribution in [0, 0.1) is 39.3 Å². The van der Waals surface area contributed by atoms with Crippen LogP contribution in [0.5, 0.6) is 5.75 Å². The van der Waals surface area contributed by atoms with Gasteiger partial charge in [0.25, 0.3) is 10.0 Å². The highest BCUT2D eigenvalue weighted by Crippen LogP contribution is 2.39. The highest BCUT2D eigenvalue weighted by Gasteiger charge is 2.32. The molecular weight excluding hydrogens is 384 g/mol. The second-order valence-corrected chi connectivity index (χ2v) is 7.10. The lowest BCUT2D eigenvalue weighted by Crippen LogP contribution is -2.32. The molecule has 1 aromatic carbocycles. The van der Waals surface area contributed by atoms with E-state index in [9.17, 15) is 33.9 Å². The molecule has 1 heterocycles. The van der Waals surface area contributed by atoms with Crippen LogP contribution in [0.15, 0.2) is 29.3 Å². The molecule has 27 heavy (non-hydrogen) atoms. The van der Waals surface area contributed by atoms with Crippen molar-refractivity contribution in [3.63, 3.8) is 0 Å². The quantitative estimate of drug-likeness (QED) is 0.331. The Balaban J connectivity index is 2.70. The van der Waals surface area contributed by atoms with Crippen LogP contribution in [0.2, 0.25) is 0 Å². The van der Waals surface area contributed by atoms with E-state index in [4.69, 9.17) is 4.74 Å².